The van der Waals surface area contributed by atoms with Crippen molar-refractivity contribution in [2.45, 2.75) is 31.9 Å². The molecule has 0 fully saturated rings. The normalized spacial score (nSPS) is 19.6. The molecule has 2 heterocycles. The molecular weight excluding hydrogens is 268 g/mol. The summed E-state index contributed by atoms with van der Waals surface area (Å²) in [7, 11) is 0. The Balaban J connectivity index is 1.82. The molecule has 2 unspecified atom stereocenters. The summed E-state index contributed by atoms with van der Waals surface area (Å²) < 4.78 is 5.98. The molecule has 3 nitrogen and oxygen atoms in total. The van der Waals surface area contributed by atoms with E-state index >= 15 is 0 Å². The summed E-state index contributed by atoms with van der Waals surface area (Å²) in [5.74, 6) is 5.77. The third kappa shape index (κ3) is 2.65. The lowest BCUT2D eigenvalue weighted by Gasteiger charge is -2.29. The Kier molecular flexibility index (Phi) is 4.17. The molecule has 1 aliphatic rings. The van der Waals surface area contributed by atoms with Gasteiger partial charge in [0.05, 0.1) is 12.7 Å². The monoisotopic (exact) mass is 288 g/mol. The third-order valence-electron chi connectivity index (χ3n) is 4.01. The van der Waals surface area contributed by atoms with E-state index in [-0.39, 0.29) is 12.1 Å². The molecule has 2 atom stereocenters. The van der Waals surface area contributed by atoms with Gasteiger partial charge in [-0.15, -0.1) is 0 Å². The SMILES string of the molecule is Cc1cscc1C(CC1OCCc2ccccc21)NN. The Labute approximate surface area is 123 Å². The van der Waals surface area contributed by atoms with E-state index in [1.807, 2.05) is 0 Å². The Hall–Kier alpha value is -1.20. The van der Waals surface area contributed by atoms with Crippen molar-refractivity contribution < 1.29 is 4.74 Å². The second-order valence-electron chi connectivity index (χ2n) is 5.27. The van der Waals surface area contributed by atoms with E-state index in [0.717, 1.165) is 19.4 Å². The number of benzene rings is 1. The molecular formula is C16H20N2OS. The van der Waals surface area contributed by atoms with E-state index in [9.17, 15) is 0 Å². The quantitative estimate of drug-likeness (QED) is 0.670. The topological polar surface area (TPSA) is 47.3 Å². The van der Waals surface area contributed by atoms with Gasteiger partial charge in [0.25, 0.3) is 0 Å². The summed E-state index contributed by atoms with van der Waals surface area (Å²) in [6.07, 6.45) is 2.00. The molecule has 0 bridgehead atoms. The highest BCUT2D eigenvalue weighted by atomic mass is 32.1. The Morgan fingerprint density at radius 3 is 3.00 bits per heavy atom. The number of hydrogen-bond acceptors (Lipinski definition) is 4. The van der Waals surface area contributed by atoms with E-state index in [4.69, 9.17) is 10.6 Å². The molecule has 0 amide bonds. The van der Waals surface area contributed by atoms with Crippen LogP contribution in [0.15, 0.2) is 35.0 Å². The average molecular weight is 288 g/mol. The summed E-state index contributed by atoms with van der Waals surface area (Å²) in [5, 5.41) is 4.34. The standard InChI is InChI=1S/C16H20N2OS/c1-11-9-20-10-14(11)15(18-17)8-16-13-5-3-2-4-12(13)6-7-19-16/h2-5,9-10,15-16,18H,6-8,17H2,1H3. The van der Waals surface area contributed by atoms with Crippen LogP contribution in [0.4, 0.5) is 0 Å². The zero-order valence-electron chi connectivity index (χ0n) is 11.6. The fraction of sp³-hybridized carbons (Fsp3) is 0.375. The fourth-order valence-corrected chi connectivity index (χ4v) is 3.80. The Morgan fingerprint density at radius 2 is 2.25 bits per heavy atom. The first-order chi connectivity index (χ1) is 9.79. The van der Waals surface area contributed by atoms with Crippen molar-refractivity contribution in [1.29, 1.82) is 0 Å². The van der Waals surface area contributed by atoms with Gasteiger partial charge in [0.2, 0.25) is 0 Å². The predicted molar refractivity (Wildman–Crippen MR) is 82.6 cm³/mol. The lowest BCUT2D eigenvalue weighted by Crippen LogP contribution is -2.31. The summed E-state index contributed by atoms with van der Waals surface area (Å²) in [6.45, 7) is 2.92. The Bertz CT molecular complexity index is 581. The van der Waals surface area contributed by atoms with Crippen LogP contribution < -0.4 is 11.3 Å². The van der Waals surface area contributed by atoms with Gasteiger partial charge in [-0.1, -0.05) is 24.3 Å². The molecule has 1 aromatic carbocycles. The minimum Gasteiger partial charge on any atom is -0.373 e. The van der Waals surface area contributed by atoms with Crippen molar-refractivity contribution in [2.24, 2.45) is 5.84 Å². The van der Waals surface area contributed by atoms with Crippen LogP contribution in [0.3, 0.4) is 0 Å². The number of rotatable bonds is 4. The van der Waals surface area contributed by atoms with Gasteiger partial charge < -0.3 is 4.74 Å². The van der Waals surface area contributed by atoms with Crippen molar-refractivity contribution in [3.63, 3.8) is 0 Å². The van der Waals surface area contributed by atoms with Crippen molar-refractivity contribution in [2.75, 3.05) is 6.61 Å². The molecule has 4 heteroatoms. The predicted octanol–water partition coefficient (Wildman–Crippen LogP) is 3.27. The van der Waals surface area contributed by atoms with Gasteiger partial charge in [-0.3, -0.25) is 11.3 Å². The summed E-state index contributed by atoms with van der Waals surface area (Å²) in [5.41, 5.74) is 8.24. The van der Waals surface area contributed by atoms with Gasteiger partial charge in [0, 0.05) is 6.04 Å². The largest absolute Gasteiger partial charge is 0.373 e. The highest BCUT2D eigenvalue weighted by molar-refractivity contribution is 7.08. The molecule has 20 heavy (non-hydrogen) atoms. The summed E-state index contributed by atoms with van der Waals surface area (Å²) >= 11 is 1.72. The minimum absolute atomic E-state index is 0.125. The first kappa shape index (κ1) is 13.8. The first-order valence-corrected chi connectivity index (χ1v) is 7.92. The van der Waals surface area contributed by atoms with Crippen LogP contribution in [0.1, 0.15) is 40.8 Å². The summed E-state index contributed by atoms with van der Waals surface area (Å²) in [4.78, 5) is 0. The molecule has 106 valence electrons. The van der Waals surface area contributed by atoms with Gasteiger partial charge in [-0.25, -0.2) is 0 Å². The number of hydrazine groups is 1. The van der Waals surface area contributed by atoms with Crippen LogP contribution in [-0.4, -0.2) is 6.61 Å². The van der Waals surface area contributed by atoms with E-state index in [0.29, 0.717) is 0 Å². The van der Waals surface area contributed by atoms with Gasteiger partial charge in [0.15, 0.2) is 0 Å². The number of thiophene rings is 1. The van der Waals surface area contributed by atoms with Crippen LogP contribution in [0.2, 0.25) is 0 Å². The molecule has 0 radical (unpaired) electrons. The number of aryl methyl sites for hydroxylation is 1. The van der Waals surface area contributed by atoms with Crippen LogP contribution in [0.25, 0.3) is 0 Å². The molecule has 0 saturated heterocycles. The van der Waals surface area contributed by atoms with Crippen LogP contribution >= 0.6 is 11.3 Å². The fourth-order valence-electron chi connectivity index (χ4n) is 2.90. The number of nitrogens with two attached hydrogens (primary N) is 1. The lowest BCUT2D eigenvalue weighted by atomic mass is 9.91. The molecule has 1 aromatic heterocycles. The third-order valence-corrected chi connectivity index (χ3v) is 4.89. The lowest BCUT2D eigenvalue weighted by molar-refractivity contribution is 0.0293. The second-order valence-corrected chi connectivity index (χ2v) is 6.02. The number of nitrogens with one attached hydrogen (secondary N) is 1. The summed E-state index contributed by atoms with van der Waals surface area (Å²) in [6, 6.07) is 8.69. The molecule has 0 spiro atoms. The van der Waals surface area contributed by atoms with E-state index in [1.54, 1.807) is 11.3 Å². The van der Waals surface area contributed by atoms with Crippen LogP contribution in [-0.2, 0) is 11.2 Å². The number of fused-ring (bicyclic) bond motifs is 1. The molecule has 0 saturated carbocycles. The van der Waals surface area contributed by atoms with Crippen LogP contribution in [0.5, 0.6) is 0 Å². The molecule has 3 rings (SSSR count). The average Bonchev–Trinajstić information content (AvgIpc) is 2.91. The molecule has 2 aromatic rings. The van der Waals surface area contributed by atoms with Gasteiger partial charge in [-0.05, 0) is 52.8 Å². The van der Waals surface area contributed by atoms with Crippen molar-refractivity contribution in [1.82, 2.24) is 5.43 Å². The van der Waals surface area contributed by atoms with Crippen molar-refractivity contribution in [3.05, 3.63) is 57.3 Å². The maximum atomic E-state index is 5.98. The maximum absolute atomic E-state index is 5.98. The van der Waals surface area contributed by atoms with Gasteiger partial charge in [0.1, 0.15) is 0 Å². The second kappa shape index (κ2) is 6.06. The van der Waals surface area contributed by atoms with Crippen molar-refractivity contribution in [3.8, 4) is 0 Å². The van der Waals surface area contributed by atoms with E-state index in [1.165, 1.54) is 22.3 Å². The highest BCUT2D eigenvalue weighted by Crippen LogP contribution is 2.35. The maximum Gasteiger partial charge on any atom is 0.0846 e. The van der Waals surface area contributed by atoms with Gasteiger partial charge in [-0.2, -0.15) is 11.3 Å². The minimum atomic E-state index is 0.125. The molecule has 3 N–H and O–H groups in total. The highest BCUT2D eigenvalue weighted by Gasteiger charge is 2.25. The van der Waals surface area contributed by atoms with Crippen LogP contribution in [0, 0.1) is 6.92 Å². The number of hydrogen-bond donors (Lipinski definition) is 2. The van der Waals surface area contributed by atoms with Gasteiger partial charge >= 0.3 is 0 Å². The van der Waals surface area contributed by atoms with E-state index in [2.05, 4.69) is 47.4 Å². The zero-order valence-corrected chi connectivity index (χ0v) is 12.5. The zero-order chi connectivity index (χ0) is 13.9. The number of ether oxygens (including phenoxy) is 1. The first-order valence-electron chi connectivity index (χ1n) is 6.98. The van der Waals surface area contributed by atoms with E-state index < -0.39 is 0 Å². The smallest absolute Gasteiger partial charge is 0.0846 e. The Morgan fingerprint density at radius 1 is 1.40 bits per heavy atom. The molecule has 1 aliphatic heterocycles. The molecule has 0 aliphatic carbocycles. The van der Waals surface area contributed by atoms with Crippen molar-refractivity contribution >= 4 is 11.3 Å².